The third-order valence-electron chi connectivity index (χ3n) is 3.75. The van der Waals surface area contributed by atoms with Crippen molar-refractivity contribution in [1.82, 2.24) is 0 Å². The van der Waals surface area contributed by atoms with E-state index in [1.807, 2.05) is 78.9 Å². The van der Waals surface area contributed by atoms with E-state index in [9.17, 15) is 10.1 Å². The maximum absolute atomic E-state index is 11.9. The fourth-order valence-corrected chi connectivity index (χ4v) is 2.78. The minimum Gasteiger partial charge on any atom is -0.341 e. The Hall–Kier alpha value is -3.71. The van der Waals surface area contributed by atoms with Crippen LogP contribution in [-0.4, -0.2) is 9.91 Å². The lowest BCUT2D eigenvalue weighted by atomic mass is 10.2. The SMILES string of the molecule is O=[N+]([O-])C(C(=S)Nc1ccccc1)=C(Nc1ccccc1)Nc1ccccc1. The summed E-state index contributed by atoms with van der Waals surface area (Å²) in [5, 5.41) is 21.0. The van der Waals surface area contributed by atoms with Crippen molar-refractivity contribution in [1.29, 1.82) is 0 Å². The summed E-state index contributed by atoms with van der Waals surface area (Å²) in [5.41, 5.74) is 1.81. The lowest BCUT2D eigenvalue weighted by Gasteiger charge is -2.15. The zero-order valence-corrected chi connectivity index (χ0v) is 15.6. The summed E-state index contributed by atoms with van der Waals surface area (Å²) in [7, 11) is 0. The van der Waals surface area contributed by atoms with Crippen molar-refractivity contribution in [2.75, 3.05) is 16.0 Å². The van der Waals surface area contributed by atoms with Crippen LogP contribution in [0.5, 0.6) is 0 Å². The molecule has 0 aliphatic carbocycles. The zero-order valence-electron chi connectivity index (χ0n) is 14.8. The first-order valence-corrected chi connectivity index (χ1v) is 8.93. The summed E-state index contributed by atoms with van der Waals surface area (Å²) in [5.74, 6) is 0.177. The summed E-state index contributed by atoms with van der Waals surface area (Å²) in [6, 6.07) is 27.5. The van der Waals surface area contributed by atoms with Crippen molar-refractivity contribution < 1.29 is 4.92 Å². The van der Waals surface area contributed by atoms with Crippen LogP contribution in [-0.2, 0) is 0 Å². The molecule has 28 heavy (non-hydrogen) atoms. The first kappa shape index (κ1) is 19.1. The molecule has 0 unspecified atom stereocenters. The Morgan fingerprint density at radius 1 is 0.679 bits per heavy atom. The van der Waals surface area contributed by atoms with Crippen LogP contribution in [0.3, 0.4) is 0 Å². The second-order valence-corrected chi connectivity index (χ2v) is 6.19. The quantitative estimate of drug-likeness (QED) is 0.226. The second kappa shape index (κ2) is 9.29. The van der Waals surface area contributed by atoms with Crippen LogP contribution in [0.25, 0.3) is 0 Å². The average Bonchev–Trinajstić information content (AvgIpc) is 2.70. The van der Waals surface area contributed by atoms with Gasteiger partial charge in [0.25, 0.3) is 0 Å². The molecule has 0 atom stereocenters. The van der Waals surface area contributed by atoms with E-state index < -0.39 is 4.92 Å². The molecule has 7 heteroatoms. The van der Waals surface area contributed by atoms with E-state index in [2.05, 4.69) is 16.0 Å². The first-order valence-electron chi connectivity index (χ1n) is 8.52. The predicted molar refractivity (Wildman–Crippen MR) is 117 cm³/mol. The van der Waals surface area contributed by atoms with Crippen LogP contribution in [0.15, 0.2) is 103 Å². The normalized spacial score (nSPS) is 9.86. The number of nitrogens with zero attached hydrogens (tertiary/aromatic N) is 1. The molecule has 0 radical (unpaired) electrons. The molecule has 0 saturated carbocycles. The number of nitro groups is 1. The van der Waals surface area contributed by atoms with Crippen molar-refractivity contribution in [3.63, 3.8) is 0 Å². The molecule has 6 nitrogen and oxygen atoms in total. The number of para-hydroxylation sites is 3. The predicted octanol–water partition coefficient (Wildman–Crippen LogP) is 5.10. The van der Waals surface area contributed by atoms with Gasteiger partial charge in [-0.2, -0.15) is 0 Å². The molecule has 0 aliphatic rings. The van der Waals surface area contributed by atoms with Crippen LogP contribution < -0.4 is 16.0 Å². The van der Waals surface area contributed by atoms with Crippen LogP contribution in [0.2, 0.25) is 0 Å². The van der Waals surface area contributed by atoms with Crippen molar-refractivity contribution in [3.05, 3.63) is 113 Å². The molecule has 0 saturated heterocycles. The summed E-state index contributed by atoms with van der Waals surface area (Å²) in [4.78, 5) is 11.4. The van der Waals surface area contributed by atoms with Gasteiger partial charge in [0, 0.05) is 17.1 Å². The van der Waals surface area contributed by atoms with Crippen molar-refractivity contribution in [2.45, 2.75) is 0 Å². The van der Waals surface area contributed by atoms with Gasteiger partial charge in [0.15, 0.2) is 10.8 Å². The molecule has 3 N–H and O–H groups in total. The van der Waals surface area contributed by atoms with Gasteiger partial charge in [-0.05, 0) is 36.4 Å². The van der Waals surface area contributed by atoms with Gasteiger partial charge in [0.05, 0.1) is 4.92 Å². The Kier molecular flexibility index (Phi) is 6.33. The fraction of sp³-hybridized carbons (Fsp3) is 0. The standard InChI is InChI=1S/C21H18N4O2S/c26-25(27)19(21(28)24-18-14-8-3-9-15-18)20(22-16-10-4-1-5-11-16)23-17-12-6-2-7-13-17/h1-15,22-23H,(H,24,28). The first-order chi connectivity index (χ1) is 13.6. The van der Waals surface area contributed by atoms with E-state index >= 15 is 0 Å². The highest BCUT2D eigenvalue weighted by Crippen LogP contribution is 2.19. The fourth-order valence-electron chi connectivity index (χ4n) is 2.48. The molecule has 3 aromatic rings. The number of anilines is 3. The lowest BCUT2D eigenvalue weighted by Crippen LogP contribution is -2.25. The molecule has 0 heterocycles. The maximum Gasteiger partial charge on any atom is 0.343 e. The molecule has 0 spiro atoms. The highest BCUT2D eigenvalue weighted by Gasteiger charge is 2.25. The third kappa shape index (κ3) is 5.15. The van der Waals surface area contributed by atoms with Gasteiger partial charge in [0.1, 0.15) is 0 Å². The van der Waals surface area contributed by atoms with Crippen molar-refractivity contribution in [2.24, 2.45) is 0 Å². The van der Waals surface area contributed by atoms with E-state index in [-0.39, 0.29) is 16.5 Å². The van der Waals surface area contributed by atoms with E-state index in [4.69, 9.17) is 12.2 Å². The summed E-state index contributed by atoms with van der Waals surface area (Å²) >= 11 is 5.35. The molecule has 3 rings (SSSR count). The number of rotatable bonds is 7. The largest absolute Gasteiger partial charge is 0.343 e. The van der Waals surface area contributed by atoms with Crippen LogP contribution in [0, 0.1) is 10.1 Å². The number of hydrogen-bond acceptors (Lipinski definition) is 5. The van der Waals surface area contributed by atoms with Gasteiger partial charge in [-0.1, -0.05) is 66.8 Å². The summed E-state index contributed by atoms with van der Waals surface area (Å²) in [6.45, 7) is 0. The smallest absolute Gasteiger partial charge is 0.341 e. The van der Waals surface area contributed by atoms with Gasteiger partial charge in [-0.15, -0.1) is 0 Å². The molecule has 140 valence electrons. The Labute approximate surface area is 168 Å². The van der Waals surface area contributed by atoms with Gasteiger partial charge >= 0.3 is 5.70 Å². The monoisotopic (exact) mass is 390 g/mol. The topological polar surface area (TPSA) is 79.2 Å². The zero-order chi connectivity index (χ0) is 19.8. The van der Waals surface area contributed by atoms with Crippen LogP contribution in [0.4, 0.5) is 17.1 Å². The van der Waals surface area contributed by atoms with Crippen LogP contribution in [0.1, 0.15) is 0 Å². The Morgan fingerprint density at radius 3 is 1.39 bits per heavy atom. The maximum atomic E-state index is 11.9. The average molecular weight is 390 g/mol. The highest BCUT2D eigenvalue weighted by atomic mass is 32.1. The molecule has 3 aromatic carbocycles. The molecular formula is C21H18N4O2S. The highest BCUT2D eigenvalue weighted by molar-refractivity contribution is 7.81. The van der Waals surface area contributed by atoms with Crippen molar-refractivity contribution in [3.8, 4) is 0 Å². The van der Waals surface area contributed by atoms with Gasteiger partial charge in [-0.25, -0.2) is 0 Å². The minimum absolute atomic E-state index is 0.00179. The molecule has 0 bridgehead atoms. The van der Waals surface area contributed by atoms with E-state index in [0.29, 0.717) is 17.1 Å². The molecular weight excluding hydrogens is 372 g/mol. The van der Waals surface area contributed by atoms with Gasteiger partial charge in [-0.3, -0.25) is 10.1 Å². The molecule has 0 amide bonds. The number of benzene rings is 3. The van der Waals surface area contributed by atoms with E-state index in [1.165, 1.54) is 0 Å². The van der Waals surface area contributed by atoms with Gasteiger partial charge < -0.3 is 16.0 Å². The molecule has 0 aromatic heterocycles. The van der Waals surface area contributed by atoms with E-state index in [1.54, 1.807) is 12.1 Å². The Bertz CT molecular complexity index is 934. The minimum atomic E-state index is -0.501. The number of thiocarbonyl (C=S) groups is 1. The number of nitrogens with one attached hydrogen (secondary N) is 3. The summed E-state index contributed by atoms with van der Waals surface area (Å²) in [6.07, 6.45) is 0. The Morgan fingerprint density at radius 2 is 1.04 bits per heavy atom. The van der Waals surface area contributed by atoms with Gasteiger partial charge in [0.2, 0.25) is 0 Å². The second-order valence-electron chi connectivity index (χ2n) is 5.78. The molecule has 0 fully saturated rings. The summed E-state index contributed by atoms with van der Waals surface area (Å²) < 4.78 is 0. The molecule has 0 aliphatic heterocycles. The third-order valence-corrected chi connectivity index (χ3v) is 4.05. The lowest BCUT2D eigenvalue weighted by molar-refractivity contribution is -0.415. The Balaban J connectivity index is 1.99. The van der Waals surface area contributed by atoms with Crippen molar-refractivity contribution >= 4 is 34.3 Å². The number of hydrogen-bond donors (Lipinski definition) is 3. The van der Waals surface area contributed by atoms with E-state index in [0.717, 1.165) is 0 Å². The van der Waals surface area contributed by atoms with Crippen LogP contribution >= 0.6 is 12.2 Å².